The van der Waals surface area contributed by atoms with Crippen molar-refractivity contribution in [2.45, 2.75) is 6.54 Å². The molecular weight excluding hydrogens is 356 g/mol. The zero-order valence-corrected chi connectivity index (χ0v) is 15.2. The fourth-order valence-electron chi connectivity index (χ4n) is 3.19. The Kier molecular flexibility index (Phi) is 4.63. The number of para-hydroxylation sites is 1. The third-order valence-electron chi connectivity index (χ3n) is 4.47. The van der Waals surface area contributed by atoms with Gasteiger partial charge in [0.15, 0.2) is 0 Å². The Bertz CT molecular complexity index is 1150. The van der Waals surface area contributed by atoms with Gasteiger partial charge in [0.1, 0.15) is 6.54 Å². The number of esters is 1. The van der Waals surface area contributed by atoms with Gasteiger partial charge in [-0.25, -0.2) is 4.79 Å². The molecule has 0 aliphatic carbocycles. The van der Waals surface area contributed by atoms with Crippen LogP contribution >= 0.6 is 0 Å². The molecule has 0 radical (unpaired) electrons. The lowest BCUT2D eigenvalue weighted by Gasteiger charge is -2.08. The maximum atomic E-state index is 12.6. The van der Waals surface area contributed by atoms with E-state index in [1.165, 1.54) is 7.11 Å². The highest BCUT2D eigenvalue weighted by molar-refractivity contribution is 6.05. The van der Waals surface area contributed by atoms with Crippen LogP contribution in [0.5, 0.6) is 0 Å². The summed E-state index contributed by atoms with van der Waals surface area (Å²) in [7, 11) is 1.34. The van der Waals surface area contributed by atoms with E-state index < -0.39 is 5.97 Å². The summed E-state index contributed by atoms with van der Waals surface area (Å²) in [6.45, 7) is 0.0752. The number of ether oxygens (including phenoxy) is 1. The van der Waals surface area contributed by atoms with E-state index in [2.05, 4.69) is 15.5 Å². The van der Waals surface area contributed by atoms with Crippen LogP contribution in [0.2, 0.25) is 0 Å². The first-order valence-corrected chi connectivity index (χ1v) is 8.71. The largest absolute Gasteiger partial charge is 0.465 e. The van der Waals surface area contributed by atoms with Gasteiger partial charge in [0, 0.05) is 34.5 Å². The maximum Gasteiger partial charge on any atom is 0.340 e. The van der Waals surface area contributed by atoms with E-state index in [-0.39, 0.29) is 12.5 Å². The molecule has 1 amide bonds. The van der Waals surface area contributed by atoms with Gasteiger partial charge >= 0.3 is 5.97 Å². The van der Waals surface area contributed by atoms with Crippen LogP contribution in [0.25, 0.3) is 22.2 Å². The Labute approximate surface area is 160 Å². The van der Waals surface area contributed by atoms with E-state index in [4.69, 9.17) is 4.74 Å². The number of nitrogens with one attached hydrogen (secondary N) is 2. The van der Waals surface area contributed by atoms with Crippen molar-refractivity contribution in [1.29, 1.82) is 0 Å². The summed E-state index contributed by atoms with van der Waals surface area (Å²) in [6.07, 6.45) is 3.33. The highest BCUT2D eigenvalue weighted by atomic mass is 16.5. The van der Waals surface area contributed by atoms with Crippen LogP contribution < -0.4 is 5.32 Å². The summed E-state index contributed by atoms with van der Waals surface area (Å²) in [5, 5.41) is 10.5. The molecule has 0 aliphatic rings. The normalized spacial score (nSPS) is 10.8. The Balaban J connectivity index is 1.56. The molecule has 7 heteroatoms. The summed E-state index contributed by atoms with van der Waals surface area (Å²) in [5.74, 6) is -0.624. The van der Waals surface area contributed by atoms with Crippen LogP contribution in [0.15, 0.2) is 67.0 Å². The maximum absolute atomic E-state index is 12.6. The lowest BCUT2D eigenvalue weighted by Crippen LogP contribution is -2.18. The van der Waals surface area contributed by atoms with Gasteiger partial charge in [-0.05, 0) is 24.3 Å². The molecule has 140 valence electrons. The number of hydrogen-bond acceptors (Lipinski definition) is 4. The van der Waals surface area contributed by atoms with Crippen molar-refractivity contribution in [3.8, 4) is 11.3 Å². The van der Waals surface area contributed by atoms with Crippen LogP contribution in [-0.4, -0.2) is 33.8 Å². The fraction of sp³-hybridized carbons (Fsp3) is 0.0952. The van der Waals surface area contributed by atoms with Gasteiger partial charge in [-0.3, -0.25) is 9.89 Å². The Morgan fingerprint density at radius 2 is 2.00 bits per heavy atom. The predicted molar refractivity (Wildman–Crippen MR) is 106 cm³/mol. The standard InChI is InChI=1S/C21H18N4O3/c1-28-21(27)17-12-25(19-8-3-2-7-16(17)19)13-20(26)23-15-6-4-5-14(11-15)18-9-10-22-24-18/h2-12H,13H2,1H3,(H,22,24)(H,23,26). The number of anilines is 1. The average Bonchev–Trinajstić information content (AvgIpc) is 3.36. The summed E-state index contributed by atoms with van der Waals surface area (Å²) < 4.78 is 6.59. The van der Waals surface area contributed by atoms with Gasteiger partial charge in [0.2, 0.25) is 5.91 Å². The minimum absolute atomic E-state index is 0.0752. The van der Waals surface area contributed by atoms with Crippen molar-refractivity contribution in [1.82, 2.24) is 14.8 Å². The highest BCUT2D eigenvalue weighted by Gasteiger charge is 2.16. The third kappa shape index (κ3) is 3.37. The zero-order chi connectivity index (χ0) is 19.5. The third-order valence-corrected chi connectivity index (χ3v) is 4.47. The number of nitrogens with zero attached hydrogens (tertiary/aromatic N) is 2. The molecule has 7 nitrogen and oxygen atoms in total. The van der Waals surface area contributed by atoms with E-state index in [0.717, 1.165) is 22.2 Å². The van der Waals surface area contributed by atoms with Gasteiger partial charge in [-0.1, -0.05) is 30.3 Å². The number of H-pyrrole nitrogens is 1. The minimum Gasteiger partial charge on any atom is -0.465 e. The van der Waals surface area contributed by atoms with Gasteiger partial charge in [0.25, 0.3) is 0 Å². The van der Waals surface area contributed by atoms with Crippen molar-refractivity contribution < 1.29 is 14.3 Å². The number of hydrogen-bond donors (Lipinski definition) is 2. The number of methoxy groups -OCH3 is 1. The number of fused-ring (bicyclic) bond motifs is 1. The topological polar surface area (TPSA) is 89.0 Å². The van der Waals surface area contributed by atoms with Gasteiger partial charge < -0.3 is 14.6 Å². The lowest BCUT2D eigenvalue weighted by molar-refractivity contribution is -0.116. The van der Waals surface area contributed by atoms with E-state index in [1.54, 1.807) is 17.0 Å². The van der Waals surface area contributed by atoms with E-state index in [0.29, 0.717) is 11.3 Å². The van der Waals surface area contributed by atoms with Crippen LogP contribution in [-0.2, 0) is 16.1 Å². The van der Waals surface area contributed by atoms with Gasteiger partial charge in [-0.2, -0.15) is 5.10 Å². The second-order valence-electron chi connectivity index (χ2n) is 6.28. The van der Waals surface area contributed by atoms with Crippen molar-refractivity contribution in [3.05, 3.63) is 72.6 Å². The number of aromatic amines is 1. The van der Waals surface area contributed by atoms with Crippen LogP contribution in [0.4, 0.5) is 5.69 Å². The van der Waals surface area contributed by atoms with Crippen molar-refractivity contribution in [2.75, 3.05) is 12.4 Å². The van der Waals surface area contributed by atoms with Gasteiger partial charge in [0.05, 0.1) is 18.4 Å². The average molecular weight is 374 g/mol. The van der Waals surface area contributed by atoms with E-state index >= 15 is 0 Å². The highest BCUT2D eigenvalue weighted by Crippen LogP contribution is 2.23. The molecule has 2 heterocycles. The molecule has 0 unspecified atom stereocenters. The first kappa shape index (κ1) is 17.5. The summed E-state index contributed by atoms with van der Waals surface area (Å²) in [4.78, 5) is 24.6. The second-order valence-corrected chi connectivity index (χ2v) is 6.28. The quantitative estimate of drug-likeness (QED) is 0.524. The number of aromatic nitrogens is 3. The number of rotatable bonds is 5. The number of benzene rings is 2. The Morgan fingerprint density at radius 3 is 2.79 bits per heavy atom. The lowest BCUT2D eigenvalue weighted by atomic mass is 10.1. The molecule has 0 saturated carbocycles. The Morgan fingerprint density at radius 1 is 1.14 bits per heavy atom. The van der Waals surface area contributed by atoms with Crippen LogP contribution in [0.1, 0.15) is 10.4 Å². The smallest absolute Gasteiger partial charge is 0.340 e. The van der Waals surface area contributed by atoms with Gasteiger partial charge in [-0.15, -0.1) is 0 Å². The summed E-state index contributed by atoms with van der Waals surface area (Å²) in [6, 6.07) is 16.8. The molecule has 0 bridgehead atoms. The van der Waals surface area contributed by atoms with Crippen molar-refractivity contribution >= 4 is 28.5 Å². The molecule has 0 atom stereocenters. The molecular formula is C21H18N4O3. The molecule has 0 spiro atoms. The Hall–Kier alpha value is -3.87. The summed E-state index contributed by atoms with van der Waals surface area (Å²) >= 11 is 0. The van der Waals surface area contributed by atoms with E-state index in [1.807, 2.05) is 54.6 Å². The number of carbonyl (C=O) groups excluding carboxylic acids is 2. The molecule has 0 saturated heterocycles. The SMILES string of the molecule is COC(=O)c1cn(CC(=O)Nc2cccc(-c3ccn[nH]3)c2)c2ccccc12. The number of carbonyl (C=O) groups is 2. The molecule has 2 N–H and O–H groups in total. The van der Waals surface area contributed by atoms with Crippen molar-refractivity contribution in [2.24, 2.45) is 0 Å². The fourth-order valence-corrected chi connectivity index (χ4v) is 3.19. The minimum atomic E-state index is -0.428. The van der Waals surface area contributed by atoms with Crippen molar-refractivity contribution in [3.63, 3.8) is 0 Å². The van der Waals surface area contributed by atoms with E-state index in [9.17, 15) is 9.59 Å². The molecule has 2 aromatic heterocycles. The first-order valence-electron chi connectivity index (χ1n) is 8.71. The molecule has 0 aliphatic heterocycles. The van der Waals surface area contributed by atoms with Crippen LogP contribution in [0, 0.1) is 0 Å². The molecule has 28 heavy (non-hydrogen) atoms. The van der Waals surface area contributed by atoms with Crippen LogP contribution in [0.3, 0.4) is 0 Å². The first-order chi connectivity index (χ1) is 13.7. The second kappa shape index (κ2) is 7.40. The molecule has 2 aromatic carbocycles. The predicted octanol–water partition coefficient (Wildman–Crippen LogP) is 3.46. The summed E-state index contributed by atoms with van der Waals surface area (Å²) in [5.41, 5.74) is 3.71. The zero-order valence-electron chi connectivity index (χ0n) is 15.2. The molecule has 0 fully saturated rings. The molecule has 4 aromatic rings. The monoisotopic (exact) mass is 374 g/mol. The molecule has 4 rings (SSSR count). The number of amides is 1.